The number of rotatable bonds is 8. The Balaban J connectivity index is 1.68. The van der Waals surface area contributed by atoms with Crippen molar-refractivity contribution in [3.05, 3.63) is 95.1 Å². The SMILES string of the molecule is CCOc1cc(C=NNC(=O)c2ccccc2)ccc1OCc1ccccc1C#N. The first kappa shape index (κ1) is 20.6. The summed E-state index contributed by atoms with van der Waals surface area (Å²) < 4.78 is 11.6. The van der Waals surface area contributed by atoms with Gasteiger partial charge in [0.15, 0.2) is 11.5 Å². The van der Waals surface area contributed by atoms with E-state index in [1.807, 2.05) is 37.3 Å². The third kappa shape index (κ3) is 5.46. The molecule has 1 amide bonds. The molecule has 6 nitrogen and oxygen atoms in total. The van der Waals surface area contributed by atoms with Crippen LogP contribution in [0.5, 0.6) is 11.5 Å². The molecule has 30 heavy (non-hydrogen) atoms. The summed E-state index contributed by atoms with van der Waals surface area (Å²) in [6.45, 7) is 2.61. The molecule has 6 heteroatoms. The number of nitriles is 1. The van der Waals surface area contributed by atoms with Gasteiger partial charge in [-0.2, -0.15) is 10.4 Å². The summed E-state index contributed by atoms with van der Waals surface area (Å²) in [4.78, 5) is 12.0. The normalized spacial score (nSPS) is 10.4. The number of amides is 1. The molecule has 0 bridgehead atoms. The largest absolute Gasteiger partial charge is 0.490 e. The van der Waals surface area contributed by atoms with E-state index in [-0.39, 0.29) is 12.5 Å². The van der Waals surface area contributed by atoms with Crippen molar-refractivity contribution < 1.29 is 14.3 Å². The number of carbonyl (C=O) groups is 1. The topological polar surface area (TPSA) is 83.7 Å². The van der Waals surface area contributed by atoms with Crippen molar-refractivity contribution in [1.29, 1.82) is 5.26 Å². The van der Waals surface area contributed by atoms with Crippen molar-refractivity contribution in [1.82, 2.24) is 5.43 Å². The van der Waals surface area contributed by atoms with Crippen LogP contribution in [0.25, 0.3) is 0 Å². The van der Waals surface area contributed by atoms with E-state index in [2.05, 4.69) is 16.6 Å². The van der Waals surface area contributed by atoms with Gasteiger partial charge in [-0.3, -0.25) is 4.79 Å². The van der Waals surface area contributed by atoms with E-state index in [9.17, 15) is 10.1 Å². The fraction of sp³-hybridized carbons (Fsp3) is 0.125. The van der Waals surface area contributed by atoms with Gasteiger partial charge in [0.2, 0.25) is 0 Å². The van der Waals surface area contributed by atoms with Crippen LogP contribution in [0.1, 0.15) is 34.0 Å². The maximum atomic E-state index is 12.0. The predicted octanol–water partition coefficient (Wildman–Crippen LogP) is 4.30. The Morgan fingerprint density at radius 2 is 1.80 bits per heavy atom. The lowest BCUT2D eigenvalue weighted by Crippen LogP contribution is -2.17. The lowest BCUT2D eigenvalue weighted by Gasteiger charge is -2.13. The van der Waals surface area contributed by atoms with Crippen LogP contribution in [0.15, 0.2) is 77.9 Å². The summed E-state index contributed by atoms with van der Waals surface area (Å²) in [6.07, 6.45) is 1.54. The van der Waals surface area contributed by atoms with Crippen molar-refractivity contribution in [3.8, 4) is 17.6 Å². The number of nitrogens with one attached hydrogen (secondary N) is 1. The molecule has 0 aliphatic rings. The standard InChI is InChI=1S/C24H21N3O3/c1-2-29-23-14-18(16-26-27-24(28)19-8-4-3-5-9-19)12-13-22(23)30-17-21-11-7-6-10-20(21)15-25/h3-14,16H,2,17H2,1H3,(H,27,28). The number of carbonyl (C=O) groups excluding carboxylic acids is 1. The van der Waals surface area contributed by atoms with Crippen LogP contribution in [0.3, 0.4) is 0 Å². The summed E-state index contributed by atoms with van der Waals surface area (Å²) in [5.41, 5.74) is 5.16. The van der Waals surface area contributed by atoms with E-state index in [0.717, 1.165) is 11.1 Å². The summed E-state index contributed by atoms with van der Waals surface area (Å²) in [7, 11) is 0. The number of ether oxygens (including phenoxy) is 2. The van der Waals surface area contributed by atoms with Crippen LogP contribution >= 0.6 is 0 Å². The Hall–Kier alpha value is -4.11. The summed E-state index contributed by atoms with van der Waals surface area (Å²) in [5, 5.41) is 13.2. The first-order valence-corrected chi connectivity index (χ1v) is 9.47. The Bertz CT molecular complexity index is 1070. The molecule has 0 fully saturated rings. The van der Waals surface area contributed by atoms with E-state index in [4.69, 9.17) is 9.47 Å². The van der Waals surface area contributed by atoms with Crippen molar-refractivity contribution >= 4 is 12.1 Å². The van der Waals surface area contributed by atoms with Crippen molar-refractivity contribution in [2.75, 3.05) is 6.61 Å². The second-order valence-corrected chi connectivity index (χ2v) is 6.26. The summed E-state index contributed by atoms with van der Waals surface area (Å²) in [6, 6.07) is 23.7. The highest BCUT2D eigenvalue weighted by molar-refractivity contribution is 5.94. The van der Waals surface area contributed by atoms with E-state index < -0.39 is 0 Å². The highest BCUT2D eigenvalue weighted by Crippen LogP contribution is 2.29. The van der Waals surface area contributed by atoms with Gasteiger partial charge in [0.05, 0.1) is 24.5 Å². The Labute approximate surface area is 175 Å². The number of hydrogen-bond donors (Lipinski definition) is 1. The Kier molecular flexibility index (Phi) is 7.17. The number of hydrazone groups is 1. The lowest BCUT2D eigenvalue weighted by atomic mass is 10.1. The van der Waals surface area contributed by atoms with E-state index in [1.54, 1.807) is 42.5 Å². The minimum atomic E-state index is -0.284. The molecular weight excluding hydrogens is 378 g/mol. The van der Waals surface area contributed by atoms with Gasteiger partial charge in [-0.25, -0.2) is 5.43 Å². The molecule has 0 aromatic heterocycles. The zero-order chi connectivity index (χ0) is 21.2. The van der Waals surface area contributed by atoms with Gasteiger partial charge in [0.1, 0.15) is 6.61 Å². The van der Waals surface area contributed by atoms with Gasteiger partial charge >= 0.3 is 0 Å². The second kappa shape index (κ2) is 10.4. The quantitative estimate of drug-likeness (QED) is 0.452. The summed E-state index contributed by atoms with van der Waals surface area (Å²) >= 11 is 0. The van der Waals surface area contributed by atoms with E-state index in [1.165, 1.54) is 6.21 Å². The van der Waals surface area contributed by atoms with Crippen LogP contribution in [0, 0.1) is 11.3 Å². The number of nitrogens with zero attached hydrogens (tertiary/aromatic N) is 2. The van der Waals surface area contributed by atoms with Gasteiger partial charge in [-0.1, -0.05) is 36.4 Å². The van der Waals surface area contributed by atoms with Gasteiger partial charge in [-0.05, 0) is 48.9 Å². The monoisotopic (exact) mass is 399 g/mol. The number of benzene rings is 3. The average molecular weight is 399 g/mol. The molecule has 0 aliphatic heterocycles. The van der Waals surface area contributed by atoms with Crippen LogP contribution in [-0.2, 0) is 6.61 Å². The zero-order valence-electron chi connectivity index (χ0n) is 16.5. The molecule has 0 atom stereocenters. The smallest absolute Gasteiger partial charge is 0.271 e. The molecule has 1 N–H and O–H groups in total. The molecule has 3 aromatic carbocycles. The Morgan fingerprint density at radius 3 is 2.57 bits per heavy atom. The van der Waals surface area contributed by atoms with Crippen LogP contribution in [0.4, 0.5) is 0 Å². The Morgan fingerprint density at radius 1 is 1.03 bits per heavy atom. The molecule has 3 aromatic rings. The van der Waals surface area contributed by atoms with E-state index in [0.29, 0.717) is 29.2 Å². The summed E-state index contributed by atoms with van der Waals surface area (Å²) in [5.74, 6) is 0.841. The maximum absolute atomic E-state index is 12.0. The van der Waals surface area contributed by atoms with Crippen molar-refractivity contribution in [2.45, 2.75) is 13.5 Å². The second-order valence-electron chi connectivity index (χ2n) is 6.26. The highest BCUT2D eigenvalue weighted by Gasteiger charge is 2.08. The van der Waals surface area contributed by atoms with Gasteiger partial charge < -0.3 is 9.47 Å². The van der Waals surface area contributed by atoms with Crippen LogP contribution in [-0.4, -0.2) is 18.7 Å². The van der Waals surface area contributed by atoms with E-state index >= 15 is 0 Å². The van der Waals surface area contributed by atoms with Crippen LogP contribution in [0.2, 0.25) is 0 Å². The minimum absolute atomic E-state index is 0.254. The molecule has 0 aliphatic carbocycles. The first-order chi connectivity index (χ1) is 14.7. The first-order valence-electron chi connectivity index (χ1n) is 9.47. The lowest BCUT2D eigenvalue weighted by molar-refractivity contribution is 0.0955. The van der Waals surface area contributed by atoms with Crippen molar-refractivity contribution in [3.63, 3.8) is 0 Å². The molecule has 0 spiro atoms. The molecule has 0 unspecified atom stereocenters. The van der Waals surface area contributed by atoms with Gasteiger partial charge in [-0.15, -0.1) is 0 Å². The molecule has 0 radical (unpaired) electrons. The third-order valence-electron chi connectivity index (χ3n) is 4.20. The predicted molar refractivity (Wildman–Crippen MR) is 115 cm³/mol. The van der Waals surface area contributed by atoms with Gasteiger partial charge in [0, 0.05) is 11.1 Å². The molecule has 0 saturated heterocycles. The molecular formula is C24H21N3O3. The highest BCUT2D eigenvalue weighted by atomic mass is 16.5. The molecule has 3 rings (SSSR count). The number of hydrogen-bond acceptors (Lipinski definition) is 5. The molecule has 0 saturated carbocycles. The van der Waals surface area contributed by atoms with Crippen LogP contribution < -0.4 is 14.9 Å². The average Bonchev–Trinajstić information content (AvgIpc) is 2.79. The van der Waals surface area contributed by atoms with Gasteiger partial charge in [0.25, 0.3) is 5.91 Å². The molecule has 0 heterocycles. The molecule has 150 valence electrons. The fourth-order valence-electron chi connectivity index (χ4n) is 2.72. The minimum Gasteiger partial charge on any atom is -0.490 e. The third-order valence-corrected chi connectivity index (χ3v) is 4.20. The zero-order valence-corrected chi connectivity index (χ0v) is 16.5. The fourth-order valence-corrected chi connectivity index (χ4v) is 2.72. The van der Waals surface area contributed by atoms with Crippen molar-refractivity contribution in [2.24, 2.45) is 5.10 Å². The maximum Gasteiger partial charge on any atom is 0.271 e.